The average molecular weight is 321 g/mol. The van der Waals surface area contributed by atoms with E-state index in [1.54, 1.807) is 18.3 Å². The second-order valence-corrected chi connectivity index (χ2v) is 6.15. The summed E-state index contributed by atoms with van der Waals surface area (Å²) in [6, 6.07) is 6.83. The summed E-state index contributed by atoms with van der Waals surface area (Å²) in [6.07, 6.45) is 1.67. The highest BCUT2D eigenvalue weighted by Gasteiger charge is 2.23. The van der Waals surface area contributed by atoms with Gasteiger partial charge in [0.05, 0.1) is 31.9 Å². The van der Waals surface area contributed by atoms with Gasteiger partial charge < -0.3 is 9.80 Å². The third-order valence-corrected chi connectivity index (χ3v) is 4.44. The lowest BCUT2D eigenvalue weighted by atomic mass is 10.2. The van der Waals surface area contributed by atoms with Gasteiger partial charge in [-0.15, -0.1) is 11.3 Å². The van der Waals surface area contributed by atoms with Crippen molar-refractivity contribution in [2.45, 2.75) is 0 Å². The highest BCUT2D eigenvalue weighted by Crippen LogP contribution is 2.18. The van der Waals surface area contributed by atoms with Crippen molar-refractivity contribution in [1.82, 2.24) is 4.98 Å². The quantitative estimate of drug-likeness (QED) is 0.868. The second-order valence-electron chi connectivity index (χ2n) is 5.25. The molecule has 1 aromatic heterocycles. The van der Waals surface area contributed by atoms with E-state index < -0.39 is 0 Å². The SMILES string of the molecule is O=C(C[NH+]1CCN(c2ccccc2F)CC1)Nc1nccs1. The molecular weight excluding hydrogens is 303 g/mol. The predicted molar refractivity (Wildman–Crippen MR) is 84.9 cm³/mol. The first-order valence-electron chi connectivity index (χ1n) is 7.25. The van der Waals surface area contributed by atoms with Crippen LogP contribution in [0.25, 0.3) is 0 Å². The molecule has 22 heavy (non-hydrogen) atoms. The number of rotatable bonds is 4. The van der Waals surface area contributed by atoms with Crippen LogP contribution >= 0.6 is 11.3 Å². The Hall–Kier alpha value is -1.99. The lowest BCUT2D eigenvalue weighted by molar-refractivity contribution is -0.892. The van der Waals surface area contributed by atoms with Crippen LogP contribution in [-0.4, -0.2) is 43.6 Å². The van der Waals surface area contributed by atoms with Crippen LogP contribution < -0.4 is 15.1 Å². The van der Waals surface area contributed by atoms with Crippen LogP contribution in [0.3, 0.4) is 0 Å². The molecule has 1 saturated heterocycles. The lowest BCUT2D eigenvalue weighted by Gasteiger charge is -2.33. The fourth-order valence-corrected chi connectivity index (χ4v) is 3.17. The molecule has 5 nitrogen and oxygen atoms in total. The molecule has 0 saturated carbocycles. The topological polar surface area (TPSA) is 49.7 Å². The van der Waals surface area contributed by atoms with Gasteiger partial charge >= 0.3 is 0 Å². The third kappa shape index (κ3) is 3.61. The predicted octanol–water partition coefficient (Wildman–Crippen LogP) is 0.626. The molecule has 2 N–H and O–H groups in total. The van der Waals surface area contributed by atoms with E-state index in [0.717, 1.165) is 26.2 Å². The molecule has 116 valence electrons. The largest absolute Gasteiger partial charge is 0.358 e. The number of hydrogen-bond acceptors (Lipinski definition) is 4. The Morgan fingerprint density at radius 1 is 1.36 bits per heavy atom. The first-order chi connectivity index (χ1) is 10.7. The maximum absolute atomic E-state index is 13.8. The number of piperazine rings is 1. The molecule has 0 unspecified atom stereocenters. The molecule has 7 heteroatoms. The Morgan fingerprint density at radius 3 is 2.82 bits per heavy atom. The third-order valence-electron chi connectivity index (χ3n) is 3.75. The molecule has 1 amide bonds. The maximum Gasteiger partial charge on any atom is 0.281 e. The standard InChI is InChI=1S/C15H17FN4OS/c16-12-3-1-2-4-13(12)20-8-6-19(7-9-20)11-14(21)18-15-17-5-10-22-15/h1-5,10H,6-9,11H2,(H,17,18,21)/p+1. The maximum atomic E-state index is 13.8. The highest BCUT2D eigenvalue weighted by atomic mass is 32.1. The monoisotopic (exact) mass is 321 g/mol. The Morgan fingerprint density at radius 2 is 2.14 bits per heavy atom. The van der Waals surface area contributed by atoms with E-state index in [-0.39, 0.29) is 11.7 Å². The summed E-state index contributed by atoms with van der Waals surface area (Å²) in [4.78, 5) is 19.2. The molecule has 0 aliphatic carbocycles. The number of carbonyl (C=O) groups is 1. The zero-order valence-corrected chi connectivity index (χ0v) is 12.9. The molecule has 2 heterocycles. The van der Waals surface area contributed by atoms with E-state index in [0.29, 0.717) is 17.4 Å². The minimum absolute atomic E-state index is 0.0238. The lowest BCUT2D eigenvalue weighted by Crippen LogP contribution is -3.15. The zero-order chi connectivity index (χ0) is 15.4. The Balaban J connectivity index is 1.49. The molecule has 2 aromatic rings. The Kier molecular flexibility index (Phi) is 4.65. The van der Waals surface area contributed by atoms with E-state index in [1.807, 2.05) is 16.3 Å². The molecule has 0 atom stereocenters. The summed E-state index contributed by atoms with van der Waals surface area (Å²) in [5.74, 6) is -0.211. The van der Waals surface area contributed by atoms with E-state index in [4.69, 9.17) is 0 Å². The summed E-state index contributed by atoms with van der Waals surface area (Å²) in [5, 5.41) is 5.26. The van der Waals surface area contributed by atoms with Crippen molar-refractivity contribution < 1.29 is 14.1 Å². The van der Waals surface area contributed by atoms with Crippen molar-refractivity contribution in [2.75, 3.05) is 42.9 Å². The van der Waals surface area contributed by atoms with Gasteiger partial charge in [-0.3, -0.25) is 10.1 Å². The van der Waals surface area contributed by atoms with Crippen LogP contribution in [0.5, 0.6) is 0 Å². The van der Waals surface area contributed by atoms with Crippen molar-refractivity contribution in [3.63, 3.8) is 0 Å². The fourth-order valence-electron chi connectivity index (χ4n) is 2.62. The second kappa shape index (κ2) is 6.85. The van der Waals surface area contributed by atoms with E-state index in [2.05, 4.69) is 10.3 Å². The van der Waals surface area contributed by atoms with Gasteiger partial charge in [0, 0.05) is 11.6 Å². The van der Waals surface area contributed by atoms with Crippen LogP contribution in [0, 0.1) is 5.82 Å². The van der Waals surface area contributed by atoms with Gasteiger partial charge in [-0.1, -0.05) is 12.1 Å². The van der Waals surface area contributed by atoms with Gasteiger partial charge in [0.1, 0.15) is 5.82 Å². The number of carbonyl (C=O) groups excluding carboxylic acids is 1. The van der Waals surface area contributed by atoms with E-state index in [9.17, 15) is 9.18 Å². The number of quaternary nitrogens is 1. The first kappa shape index (κ1) is 14.9. The molecule has 0 bridgehead atoms. The summed E-state index contributed by atoms with van der Waals surface area (Å²) < 4.78 is 13.8. The molecule has 1 aliphatic rings. The minimum atomic E-state index is -0.188. The number of halogens is 1. The van der Waals surface area contributed by atoms with Gasteiger partial charge in [0.2, 0.25) is 0 Å². The number of benzene rings is 1. The summed E-state index contributed by atoms with van der Waals surface area (Å²) in [6.45, 7) is 3.56. The number of anilines is 2. The van der Waals surface area contributed by atoms with Crippen molar-refractivity contribution in [1.29, 1.82) is 0 Å². The van der Waals surface area contributed by atoms with Gasteiger partial charge in [-0.2, -0.15) is 0 Å². The number of para-hydroxylation sites is 1. The Bertz CT molecular complexity index is 626. The summed E-state index contributed by atoms with van der Waals surface area (Å²) in [7, 11) is 0. The molecule has 0 spiro atoms. The van der Waals surface area contributed by atoms with Crippen molar-refractivity contribution in [3.8, 4) is 0 Å². The molecule has 1 aromatic carbocycles. The zero-order valence-electron chi connectivity index (χ0n) is 12.1. The minimum Gasteiger partial charge on any atom is -0.358 e. The number of thiazole rings is 1. The van der Waals surface area contributed by atoms with Crippen LogP contribution in [0.1, 0.15) is 0 Å². The van der Waals surface area contributed by atoms with E-state index in [1.165, 1.54) is 22.3 Å². The molecule has 1 fully saturated rings. The van der Waals surface area contributed by atoms with Crippen LogP contribution in [0.2, 0.25) is 0 Å². The number of nitrogens with one attached hydrogen (secondary N) is 2. The van der Waals surface area contributed by atoms with Crippen LogP contribution in [0.15, 0.2) is 35.8 Å². The van der Waals surface area contributed by atoms with Gasteiger partial charge in [0.25, 0.3) is 5.91 Å². The van der Waals surface area contributed by atoms with Crippen molar-refractivity contribution in [3.05, 3.63) is 41.7 Å². The number of nitrogens with zero attached hydrogens (tertiary/aromatic N) is 2. The van der Waals surface area contributed by atoms with Gasteiger partial charge in [0.15, 0.2) is 11.7 Å². The van der Waals surface area contributed by atoms with E-state index >= 15 is 0 Å². The molecule has 3 rings (SSSR count). The van der Waals surface area contributed by atoms with Gasteiger partial charge in [-0.25, -0.2) is 9.37 Å². The first-order valence-corrected chi connectivity index (χ1v) is 8.13. The molecule has 0 radical (unpaired) electrons. The van der Waals surface area contributed by atoms with Crippen molar-refractivity contribution in [2.24, 2.45) is 0 Å². The number of hydrogen-bond donors (Lipinski definition) is 2. The van der Waals surface area contributed by atoms with Crippen molar-refractivity contribution >= 4 is 28.1 Å². The van der Waals surface area contributed by atoms with Crippen LogP contribution in [-0.2, 0) is 4.79 Å². The Labute approximate surface area is 132 Å². The van der Waals surface area contributed by atoms with Crippen LogP contribution in [0.4, 0.5) is 15.2 Å². The summed E-state index contributed by atoms with van der Waals surface area (Å²) in [5.41, 5.74) is 0.647. The molecular formula is C15H18FN4OS+. The normalized spacial score (nSPS) is 15.8. The number of amides is 1. The smallest absolute Gasteiger partial charge is 0.281 e. The average Bonchev–Trinajstić information content (AvgIpc) is 3.01. The number of aromatic nitrogens is 1. The van der Waals surface area contributed by atoms with Gasteiger partial charge in [-0.05, 0) is 12.1 Å². The highest BCUT2D eigenvalue weighted by molar-refractivity contribution is 7.13. The summed E-state index contributed by atoms with van der Waals surface area (Å²) >= 11 is 1.41. The molecule has 1 aliphatic heterocycles. The fraction of sp³-hybridized carbons (Fsp3) is 0.333.